The number of aromatic nitrogens is 4. The van der Waals surface area contributed by atoms with E-state index < -0.39 is 0 Å². The third kappa shape index (κ3) is 4.78. The van der Waals surface area contributed by atoms with Crippen molar-refractivity contribution in [3.63, 3.8) is 0 Å². The van der Waals surface area contributed by atoms with Crippen molar-refractivity contribution in [3.8, 4) is 5.95 Å². The number of hydrogen-bond donors (Lipinski definition) is 2. The van der Waals surface area contributed by atoms with Gasteiger partial charge in [-0.25, -0.2) is 4.98 Å². The van der Waals surface area contributed by atoms with Gasteiger partial charge < -0.3 is 5.32 Å². The Balaban J connectivity index is 1.85. The topological polar surface area (TPSA) is 92.7 Å². The summed E-state index contributed by atoms with van der Waals surface area (Å²) in [5, 5.41) is 7.12. The standard InChI is InChI=1S/C20H21N5O2/c1-3-7-16-13-19(27)23-20(21-16)25-17(12-14(2)24-25)22-18(26)11-10-15-8-5-4-6-9-15/h4-6,8-13H,3,7H2,1-2H3,(H,22,26)(H,21,23,27). The lowest BCUT2D eigenvalue weighted by Crippen LogP contribution is -2.18. The van der Waals surface area contributed by atoms with Crippen LogP contribution < -0.4 is 10.9 Å². The monoisotopic (exact) mass is 363 g/mol. The van der Waals surface area contributed by atoms with Gasteiger partial charge in [-0.15, -0.1) is 0 Å². The number of aryl methyl sites for hydroxylation is 2. The van der Waals surface area contributed by atoms with Crippen LogP contribution in [0.5, 0.6) is 0 Å². The number of nitrogens with zero attached hydrogens (tertiary/aromatic N) is 3. The molecule has 7 nitrogen and oxygen atoms in total. The predicted octanol–water partition coefficient (Wildman–Crippen LogP) is 2.87. The van der Waals surface area contributed by atoms with Crippen LogP contribution in [0.1, 0.15) is 30.3 Å². The first-order chi connectivity index (χ1) is 13.0. The molecule has 3 aromatic rings. The van der Waals surface area contributed by atoms with Gasteiger partial charge in [-0.3, -0.25) is 14.6 Å². The molecule has 0 radical (unpaired) electrons. The average molecular weight is 363 g/mol. The maximum absolute atomic E-state index is 12.3. The van der Waals surface area contributed by atoms with Crippen LogP contribution in [-0.2, 0) is 11.2 Å². The maximum Gasteiger partial charge on any atom is 0.252 e. The fourth-order valence-corrected chi connectivity index (χ4v) is 2.63. The van der Waals surface area contributed by atoms with Crippen LogP contribution in [0.2, 0.25) is 0 Å². The second-order valence-electron chi connectivity index (χ2n) is 6.13. The molecule has 2 heterocycles. The summed E-state index contributed by atoms with van der Waals surface area (Å²) in [4.78, 5) is 31.3. The molecule has 0 aliphatic carbocycles. The van der Waals surface area contributed by atoms with Gasteiger partial charge in [0.1, 0.15) is 5.82 Å². The van der Waals surface area contributed by atoms with E-state index >= 15 is 0 Å². The van der Waals surface area contributed by atoms with E-state index in [0.717, 1.165) is 12.0 Å². The summed E-state index contributed by atoms with van der Waals surface area (Å²) < 4.78 is 1.43. The van der Waals surface area contributed by atoms with E-state index in [0.29, 0.717) is 23.6 Å². The van der Waals surface area contributed by atoms with Crippen LogP contribution >= 0.6 is 0 Å². The van der Waals surface area contributed by atoms with Crippen LogP contribution in [0, 0.1) is 6.92 Å². The van der Waals surface area contributed by atoms with Crippen molar-refractivity contribution < 1.29 is 4.79 Å². The summed E-state index contributed by atoms with van der Waals surface area (Å²) in [6.45, 7) is 3.82. The molecular weight excluding hydrogens is 342 g/mol. The summed E-state index contributed by atoms with van der Waals surface area (Å²) in [5.74, 6) is 0.417. The Morgan fingerprint density at radius 1 is 1.26 bits per heavy atom. The van der Waals surface area contributed by atoms with Gasteiger partial charge in [0.15, 0.2) is 0 Å². The van der Waals surface area contributed by atoms with Gasteiger partial charge in [0, 0.05) is 23.9 Å². The molecule has 0 fully saturated rings. The molecule has 0 aliphatic heterocycles. The summed E-state index contributed by atoms with van der Waals surface area (Å²) >= 11 is 0. The van der Waals surface area contributed by atoms with E-state index in [1.165, 1.54) is 16.8 Å². The maximum atomic E-state index is 12.3. The number of aromatic amines is 1. The smallest absolute Gasteiger partial charge is 0.252 e. The number of carbonyl (C=O) groups is 1. The minimum absolute atomic E-state index is 0.252. The highest BCUT2D eigenvalue weighted by Crippen LogP contribution is 2.14. The first-order valence-electron chi connectivity index (χ1n) is 8.76. The number of H-pyrrole nitrogens is 1. The molecule has 138 valence electrons. The minimum atomic E-state index is -0.299. The lowest BCUT2D eigenvalue weighted by atomic mass is 10.2. The third-order valence-corrected chi connectivity index (χ3v) is 3.80. The molecule has 0 unspecified atom stereocenters. The molecule has 0 saturated heterocycles. The third-order valence-electron chi connectivity index (χ3n) is 3.80. The van der Waals surface area contributed by atoms with E-state index in [4.69, 9.17) is 0 Å². The number of rotatable bonds is 6. The highest BCUT2D eigenvalue weighted by atomic mass is 16.1. The molecule has 0 aliphatic rings. The van der Waals surface area contributed by atoms with Gasteiger partial charge in [0.25, 0.3) is 5.56 Å². The average Bonchev–Trinajstić information content (AvgIpc) is 3.01. The van der Waals surface area contributed by atoms with Crippen molar-refractivity contribution in [3.05, 3.63) is 75.8 Å². The van der Waals surface area contributed by atoms with E-state index in [2.05, 4.69) is 20.4 Å². The van der Waals surface area contributed by atoms with Crippen molar-refractivity contribution in [2.75, 3.05) is 5.32 Å². The Hall–Kier alpha value is -3.48. The van der Waals surface area contributed by atoms with Gasteiger partial charge in [-0.05, 0) is 25.0 Å². The highest BCUT2D eigenvalue weighted by molar-refractivity contribution is 6.01. The zero-order valence-electron chi connectivity index (χ0n) is 15.3. The Labute approximate surface area is 156 Å². The molecule has 1 amide bonds. The molecule has 27 heavy (non-hydrogen) atoms. The highest BCUT2D eigenvalue weighted by Gasteiger charge is 2.12. The molecule has 2 aromatic heterocycles. The molecule has 0 bridgehead atoms. The SMILES string of the molecule is CCCc1cc(=O)[nH]c(-n2nc(C)cc2NC(=O)C=Cc2ccccc2)n1. The summed E-state index contributed by atoms with van der Waals surface area (Å²) in [7, 11) is 0. The van der Waals surface area contributed by atoms with Crippen LogP contribution in [0.15, 0.2) is 53.3 Å². The fourth-order valence-electron chi connectivity index (χ4n) is 2.63. The second kappa shape index (κ2) is 8.27. The van der Waals surface area contributed by atoms with Crippen LogP contribution in [0.3, 0.4) is 0 Å². The van der Waals surface area contributed by atoms with Crippen molar-refractivity contribution in [1.82, 2.24) is 19.7 Å². The van der Waals surface area contributed by atoms with E-state index in [-0.39, 0.29) is 17.4 Å². The molecule has 7 heteroatoms. The van der Waals surface area contributed by atoms with Gasteiger partial charge in [-0.2, -0.15) is 9.78 Å². The first-order valence-corrected chi connectivity index (χ1v) is 8.76. The summed E-state index contributed by atoms with van der Waals surface area (Å²) in [5.41, 5.74) is 2.06. The zero-order chi connectivity index (χ0) is 19.2. The van der Waals surface area contributed by atoms with Crippen molar-refractivity contribution >= 4 is 17.8 Å². The Bertz CT molecular complexity index is 1020. The lowest BCUT2D eigenvalue weighted by Gasteiger charge is -2.08. The molecule has 0 spiro atoms. The minimum Gasteiger partial charge on any atom is -0.307 e. The van der Waals surface area contributed by atoms with Gasteiger partial charge in [-0.1, -0.05) is 43.7 Å². The Morgan fingerprint density at radius 2 is 2.04 bits per heavy atom. The number of carbonyl (C=O) groups excluding carboxylic acids is 1. The number of hydrogen-bond acceptors (Lipinski definition) is 4. The quantitative estimate of drug-likeness (QED) is 0.659. The van der Waals surface area contributed by atoms with Gasteiger partial charge >= 0.3 is 0 Å². The largest absolute Gasteiger partial charge is 0.307 e. The van der Waals surface area contributed by atoms with Crippen molar-refractivity contribution in [2.24, 2.45) is 0 Å². The second-order valence-corrected chi connectivity index (χ2v) is 6.13. The fraction of sp³-hybridized carbons (Fsp3) is 0.200. The number of anilines is 1. The molecule has 2 N–H and O–H groups in total. The predicted molar refractivity (Wildman–Crippen MR) is 105 cm³/mol. The van der Waals surface area contributed by atoms with Crippen LogP contribution in [-0.4, -0.2) is 25.7 Å². The zero-order valence-corrected chi connectivity index (χ0v) is 15.3. The molecule has 0 saturated carbocycles. The summed E-state index contributed by atoms with van der Waals surface area (Å²) in [6, 6.07) is 12.7. The molecule has 1 aromatic carbocycles. The Kier molecular flexibility index (Phi) is 5.61. The Morgan fingerprint density at radius 3 is 2.78 bits per heavy atom. The molecule has 0 atom stereocenters. The first kappa shape index (κ1) is 18.3. The van der Waals surface area contributed by atoms with Crippen molar-refractivity contribution in [1.29, 1.82) is 0 Å². The van der Waals surface area contributed by atoms with E-state index in [1.807, 2.05) is 37.3 Å². The van der Waals surface area contributed by atoms with Crippen molar-refractivity contribution in [2.45, 2.75) is 26.7 Å². The van der Waals surface area contributed by atoms with Gasteiger partial charge in [0.05, 0.1) is 5.69 Å². The van der Waals surface area contributed by atoms with Crippen LogP contribution in [0.25, 0.3) is 12.0 Å². The van der Waals surface area contributed by atoms with E-state index in [9.17, 15) is 9.59 Å². The number of amides is 1. The van der Waals surface area contributed by atoms with Crippen LogP contribution in [0.4, 0.5) is 5.82 Å². The lowest BCUT2D eigenvalue weighted by molar-refractivity contribution is -0.111. The number of benzene rings is 1. The van der Waals surface area contributed by atoms with Gasteiger partial charge in [0.2, 0.25) is 11.9 Å². The van der Waals surface area contributed by atoms with E-state index in [1.54, 1.807) is 19.1 Å². The number of nitrogens with one attached hydrogen (secondary N) is 2. The normalized spacial score (nSPS) is 11.0. The summed E-state index contributed by atoms with van der Waals surface area (Å²) in [6.07, 6.45) is 4.75. The molecular formula is C20H21N5O2. The molecule has 3 rings (SSSR count).